The lowest BCUT2D eigenvalue weighted by molar-refractivity contribution is 0.109. The lowest BCUT2D eigenvalue weighted by Gasteiger charge is -2.38. The first-order valence-electron chi connectivity index (χ1n) is 5.43. The van der Waals surface area contributed by atoms with Gasteiger partial charge in [-0.05, 0) is 38.5 Å². The molecule has 2 saturated carbocycles. The predicted molar refractivity (Wildman–Crippen MR) is 52.4 cm³/mol. The molecule has 4 N–H and O–H groups in total. The van der Waals surface area contributed by atoms with Crippen molar-refractivity contribution >= 4 is 0 Å². The molecule has 0 unspecified atom stereocenters. The molecular weight excluding hydrogens is 164 g/mol. The van der Waals surface area contributed by atoms with Crippen molar-refractivity contribution in [2.75, 3.05) is 0 Å². The highest BCUT2D eigenvalue weighted by Crippen LogP contribution is 2.23. The molecule has 0 spiro atoms. The van der Waals surface area contributed by atoms with Gasteiger partial charge in [0.25, 0.3) is 0 Å². The van der Waals surface area contributed by atoms with E-state index >= 15 is 0 Å². The zero-order valence-corrected chi connectivity index (χ0v) is 8.08. The van der Waals surface area contributed by atoms with Crippen LogP contribution >= 0.6 is 0 Å². The minimum Gasteiger partial charge on any atom is -0.393 e. The molecule has 13 heavy (non-hydrogen) atoms. The average Bonchev–Trinajstić information content (AvgIpc) is 2.06. The summed E-state index contributed by atoms with van der Waals surface area (Å²) in [4.78, 5) is 0. The van der Waals surface area contributed by atoms with E-state index < -0.39 is 0 Å². The maximum absolute atomic E-state index is 9.33. The van der Waals surface area contributed by atoms with Crippen molar-refractivity contribution in [1.29, 1.82) is 0 Å². The van der Waals surface area contributed by atoms with Crippen LogP contribution in [0.2, 0.25) is 0 Å². The van der Waals surface area contributed by atoms with Crippen molar-refractivity contribution in [3.05, 3.63) is 0 Å². The Bertz CT molecular complexity index is 160. The molecule has 2 aliphatic carbocycles. The van der Waals surface area contributed by atoms with Gasteiger partial charge in [-0.2, -0.15) is 0 Å². The Hall–Kier alpha value is -0.120. The molecule has 0 aromatic rings. The van der Waals surface area contributed by atoms with E-state index in [1.165, 1.54) is 0 Å². The standard InChI is InChI=1S/C10H20N2O/c11-7-5-9(6-7)12-8-1-3-10(13)4-2-8/h7-10,12-13H,1-6,11H2. The molecule has 0 aromatic carbocycles. The Morgan fingerprint density at radius 3 is 2.15 bits per heavy atom. The first-order chi connectivity index (χ1) is 6.24. The van der Waals surface area contributed by atoms with Gasteiger partial charge in [0.05, 0.1) is 6.10 Å². The van der Waals surface area contributed by atoms with E-state index in [2.05, 4.69) is 5.32 Å². The average molecular weight is 184 g/mol. The zero-order valence-electron chi connectivity index (χ0n) is 8.08. The summed E-state index contributed by atoms with van der Waals surface area (Å²) in [5.41, 5.74) is 5.72. The number of aliphatic hydroxyl groups is 1. The van der Waals surface area contributed by atoms with Crippen LogP contribution in [-0.4, -0.2) is 29.3 Å². The van der Waals surface area contributed by atoms with Crippen molar-refractivity contribution in [3.8, 4) is 0 Å². The summed E-state index contributed by atoms with van der Waals surface area (Å²) in [6, 6.07) is 1.74. The van der Waals surface area contributed by atoms with E-state index in [1.807, 2.05) is 0 Å². The summed E-state index contributed by atoms with van der Waals surface area (Å²) in [5, 5.41) is 12.9. The SMILES string of the molecule is NC1CC(NC2CCC(O)CC2)C1. The monoisotopic (exact) mass is 184 g/mol. The topological polar surface area (TPSA) is 58.3 Å². The van der Waals surface area contributed by atoms with Crippen LogP contribution in [-0.2, 0) is 0 Å². The Kier molecular flexibility index (Phi) is 2.86. The lowest BCUT2D eigenvalue weighted by Crippen LogP contribution is -2.52. The predicted octanol–water partition coefficient (Wildman–Crippen LogP) is 0.369. The summed E-state index contributed by atoms with van der Waals surface area (Å²) >= 11 is 0. The summed E-state index contributed by atoms with van der Waals surface area (Å²) in [6.07, 6.45) is 6.44. The molecule has 2 rings (SSSR count). The van der Waals surface area contributed by atoms with Gasteiger partial charge in [0.15, 0.2) is 0 Å². The van der Waals surface area contributed by atoms with E-state index in [-0.39, 0.29) is 6.10 Å². The van der Waals surface area contributed by atoms with Crippen molar-refractivity contribution in [1.82, 2.24) is 5.32 Å². The maximum atomic E-state index is 9.33. The molecule has 3 heteroatoms. The van der Waals surface area contributed by atoms with Gasteiger partial charge in [-0.1, -0.05) is 0 Å². The molecular formula is C10H20N2O. The zero-order chi connectivity index (χ0) is 9.26. The fourth-order valence-corrected chi connectivity index (χ4v) is 2.37. The van der Waals surface area contributed by atoms with Crippen LogP contribution in [0.15, 0.2) is 0 Å². The number of hydrogen-bond donors (Lipinski definition) is 3. The van der Waals surface area contributed by atoms with Crippen LogP contribution in [0, 0.1) is 0 Å². The minimum absolute atomic E-state index is 0.0401. The maximum Gasteiger partial charge on any atom is 0.0541 e. The summed E-state index contributed by atoms with van der Waals surface area (Å²) in [5.74, 6) is 0. The number of aliphatic hydroxyl groups excluding tert-OH is 1. The first-order valence-corrected chi connectivity index (χ1v) is 5.43. The van der Waals surface area contributed by atoms with Crippen molar-refractivity contribution in [2.24, 2.45) is 5.73 Å². The highest BCUT2D eigenvalue weighted by molar-refractivity contribution is 4.90. The lowest BCUT2D eigenvalue weighted by atomic mass is 9.85. The normalized spacial score (nSPS) is 45.7. The second kappa shape index (κ2) is 3.95. The minimum atomic E-state index is -0.0401. The number of nitrogens with one attached hydrogen (secondary N) is 1. The molecule has 2 fully saturated rings. The van der Waals surface area contributed by atoms with E-state index in [4.69, 9.17) is 5.73 Å². The van der Waals surface area contributed by atoms with E-state index in [1.54, 1.807) is 0 Å². The fraction of sp³-hybridized carbons (Fsp3) is 1.00. The molecule has 0 atom stereocenters. The third-order valence-electron chi connectivity index (χ3n) is 3.34. The molecule has 0 radical (unpaired) electrons. The second-order valence-electron chi connectivity index (χ2n) is 4.60. The molecule has 0 amide bonds. The smallest absolute Gasteiger partial charge is 0.0541 e. The van der Waals surface area contributed by atoms with Gasteiger partial charge in [-0.15, -0.1) is 0 Å². The number of rotatable bonds is 2. The molecule has 0 bridgehead atoms. The van der Waals surface area contributed by atoms with Crippen molar-refractivity contribution < 1.29 is 5.11 Å². The highest BCUT2D eigenvalue weighted by Gasteiger charge is 2.29. The fourth-order valence-electron chi connectivity index (χ4n) is 2.37. The van der Waals surface area contributed by atoms with Gasteiger partial charge < -0.3 is 16.2 Å². The molecule has 2 aliphatic rings. The van der Waals surface area contributed by atoms with Crippen LogP contribution in [0.4, 0.5) is 0 Å². The number of hydrogen-bond acceptors (Lipinski definition) is 3. The van der Waals surface area contributed by atoms with Gasteiger partial charge in [-0.25, -0.2) is 0 Å². The van der Waals surface area contributed by atoms with Crippen LogP contribution in [0.3, 0.4) is 0 Å². The molecule has 3 nitrogen and oxygen atoms in total. The van der Waals surface area contributed by atoms with Gasteiger partial charge in [0.1, 0.15) is 0 Å². The first kappa shape index (κ1) is 9.44. The Labute approximate surface area is 79.7 Å². The molecule has 0 saturated heterocycles. The van der Waals surface area contributed by atoms with Gasteiger partial charge in [0.2, 0.25) is 0 Å². The van der Waals surface area contributed by atoms with Gasteiger partial charge in [0, 0.05) is 18.1 Å². The van der Waals surface area contributed by atoms with E-state index in [9.17, 15) is 5.11 Å². The highest BCUT2D eigenvalue weighted by atomic mass is 16.3. The Morgan fingerprint density at radius 1 is 1.00 bits per heavy atom. The Balaban J connectivity index is 1.65. The quantitative estimate of drug-likeness (QED) is 0.581. The van der Waals surface area contributed by atoms with Crippen LogP contribution in [0.1, 0.15) is 38.5 Å². The Morgan fingerprint density at radius 2 is 1.62 bits per heavy atom. The van der Waals surface area contributed by atoms with E-state index in [0.717, 1.165) is 38.5 Å². The third-order valence-corrected chi connectivity index (χ3v) is 3.34. The van der Waals surface area contributed by atoms with Crippen molar-refractivity contribution in [3.63, 3.8) is 0 Å². The second-order valence-corrected chi connectivity index (χ2v) is 4.60. The largest absolute Gasteiger partial charge is 0.393 e. The van der Waals surface area contributed by atoms with Gasteiger partial charge >= 0.3 is 0 Å². The summed E-state index contributed by atoms with van der Waals surface area (Å²) in [7, 11) is 0. The summed E-state index contributed by atoms with van der Waals surface area (Å²) < 4.78 is 0. The van der Waals surface area contributed by atoms with Crippen molar-refractivity contribution in [2.45, 2.75) is 62.8 Å². The number of nitrogens with two attached hydrogens (primary N) is 1. The van der Waals surface area contributed by atoms with Crippen LogP contribution in [0.5, 0.6) is 0 Å². The van der Waals surface area contributed by atoms with Crippen LogP contribution in [0.25, 0.3) is 0 Å². The third kappa shape index (κ3) is 2.42. The molecule has 76 valence electrons. The molecule has 0 aliphatic heterocycles. The van der Waals surface area contributed by atoms with Crippen LogP contribution < -0.4 is 11.1 Å². The van der Waals surface area contributed by atoms with E-state index in [0.29, 0.717) is 18.1 Å². The van der Waals surface area contributed by atoms with Gasteiger partial charge in [-0.3, -0.25) is 0 Å². The molecule has 0 heterocycles. The summed E-state index contributed by atoms with van der Waals surface area (Å²) in [6.45, 7) is 0. The molecule has 0 aromatic heterocycles.